The Morgan fingerprint density at radius 2 is 1.46 bits per heavy atom. The molecule has 0 amide bonds. The first-order valence-corrected chi connectivity index (χ1v) is 11.6. The second-order valence-electron chi connectivity index (χ2n) is 9.28. The van der Waals surface area contributed by atoms with Crippen LogP contribution < -0.4 is 0 Å². The van der Waals surface area contributed by atoms with E-state index in [1.807, 2.05) is 42.5 Å². The van der Waals surface area contributed by atoms with Crippen LogP contribution in [0.5, 0.6) is 0 Å². The molecule has 0 aliphatic carbocycles. The number of rotatable bonds is 4. The molecule has 0 unspecified atom stereocenters. The van der Waals surface area contributed by atoms with Crippen molar-refractivity contribution in [2.75, 3.05) is 0 Å². The summed E-state index contributed by atoms with van der Waals surface area (Å²) < 4.78 is 19.5. The van der Waals surface area contributed by atoms with Crippen molar-refractivity contribution in [2.45, 2.75) is 19.3 Å². The van der Waals surface area contributed by atoms with Gasteiger partial charge in [-0.25, -0.2) is 9.37 Å². The van der Waals surface area contributed by atoms with Crippen LogP contribution in [0, 0.1) is 5.82 Å². The highest BCUT2D eigenvalue weighted by Gasteiger charge is 2.25. The zero-order chi connectivity index (χ0) is 24.0. The Balaban J connectivity index is 1.45. The summed E-state index contributed by atoms with van der Waals surface area (Å²) in [6.07, 6.45) is 1.78. The van der Waals surface area contributed by atoms with Gasteiger partial charge in [-0.2, -0.15) is 0 Å². The zero-order valence-electron chi connectivity index (χ0n) is 19.5. The predicted octanol–water partition coefficient (Wildman–Crippen LogP) is 8.18. The van der Waals surface area contributed by atoms with Gasteiger partial charge >= 0.3 is 0 Å². The van der Waals surface area contributed by atoms with Crippen LogP contribution in [0.3, 0.4) is 0 Å². The van der Waals surface area contributed by atoms with E-state index in [1.165, 1.54) is 17.7 Å². The van der Waals surface area contributed by atoms with Gasteiger partial charge in [0.25, 0.3) is 0 Å². The van der Waals surface area contributed by atoms with Gasteiger partial charge in [0.05, 0.1) is 11.4 Å². The minimum Gasteiger partial charge on any atom is -0.454 e. The number of hydrogen-bond acceptors (Lipinski definition) is 3. The molecular weight excluding hydrogens is 435 g/mol. The quantitative estimate of drug-likeness (QED) is 0.267. The number of hydrogen-bond donors (Lipinski definition) is 0. The number of pyridine rings is 2. The van der Waals surface area contributed by atoms with E-state index in [4.69, 9.17) is 9.40 Å². The van der Waals surface area contributed by atoms with Crippen molar-refractivity contribution >= 4 is 22.1 Å². The maximum atomic E-state index is 13.4. The third-order valence-electron chi connectivity index (χ3n) is 6.68. The molecule has 0 N–H and O–H groups in total. The standard InChI is InChI=1S/C31H23FN2O/c1-31(2,23-6-4-3-5-7-23)29-15-14-28-30(34-29)25-18-22(10-13-27(25)35-28)26-19-21(16-17-33-26)20-8-11-24(32)12-9-20/h3-19H,1-2H3. The molecule has 0 saturated heterocycles. The molecule has 0 aliphatic rings. The summed E-state index contributed by atoms with van der Waals surface area (Å²) in [5.41, 5.74) is 8.08. The fourth-order valence-corrected chi connectivity index (χ4v) is 4.56. The molecule has 0 spiro atoms. The number of furan rings is 1. The van der Waals surface area contributed by atoms with E-state index in [2.05, 4.69) is 49.2 Å². The summed E-state index contributed by atoms with van der Waals surface area (Å²) in [5, 5.41) is 0.956. The van der Waals surface area contributed by atoms with Crippen molar-refractivity contribution in [1.29, 1.82) is 0 Å². The van der Waals surface area contributed by atoms with Gasteiger partial charge in [-0.3, -0.25) is 4.98 Å². The molecule has 0 aliphatic heterocycles. The van der Waals surface area contributed by atoms with Crippen molar-refractivity contribution in [2.24, 2.45) is 0 Å². The molecule has 0 bridgehead atoms. The minimum atomic E-state index is -0.248. The molecule has 4 heteroatoms. The van der Waals surface area contributed by atoms with Gasteiger partial charge in [-0.15, -0.1) is 0 Å². The lowest BCUT2D eigenvalue weighted by Crippen LogP contribution is -2.20. The molecule has 3 heterocycles. The van der Waals surface area contributed by atoms with Crippen molar-refractivity contribution in [3.8, 4) is 22.4 Å². The van der Waals surface area contributed by atoms with E-state index >= 15 is 0 Å². The normalized spacial score (nSPS) is 11.9. The summed E-state index contributed by atoms with van der Waals surface area (Å²) in [6, 6.07) is 31.0. The van der Waals surface area contributed by atoms with Crippen LogP contribution in [0.2, 0.25) is 0 Å². The van der Waals surface area contributed by atoms with Crippen LogP contribution in [0.1, 0.15) is 25.1 Å². The lowest BCUT2D eigenvalue weighted by Gasteiger charge is -2.24. The number of halogens is 1. The summed E-state index contributed by atoms with van der Waals surface area (Å²) in [6.45, 7) is 4.38. The fraction of sp³-hybridized carbons (Fsp3) is 0.0968. The van der Waals surface area contributed by atoms with Gasteiger partial charge in [0.2, 0.25) is 0 Å². The van der Waals surface area contributed by atoms with Gasteiger partial charge in [0.15, 0.2) is 5.58 Å². The van der Waals surface area contributed by atoms with Crippen molar-refractivity contribution in [1.82, 2.24) is 9.97 Å². The molecule has 3 aromatic carbocycles. The molecule has 170 valence electrons. The topological polar surface area (TPSA) is 38.9 Å². The van der Waals surface area contributed by atoms with Crippen LogP contribution in [0.15, 0.2) is 108 Å². The molecule has 0 fully saturated rings. The first-order valence-electron chi connectivity index (χ1n) is 11.6. The van der Waals surface area contributed by atoms with Crippen LogP contribution in [-0.4, -0.2) is 9.97 Å². The Hall–Kier alpha value is -4.31. The highest BCUT2D eigenvalue weighted by molar-refractivity contribution is 6.04. The van der Waals surface area contributed by atoms with Crippen molar-refractivity contribution < 1.29 is 8.81 Å². The third kappa shape index (κ3) is 3.77. The maximum Gasteiger partial charge on any atom is 0.153 e. The second-order valence-corrected chi connectivity index (χ2v) is 9.28. The summed E-state index contributed by atoms with van der Waals surface area (Å²) in [5.74, 6) is -0.248. The Morgan fingerprint density at radius 1 is 0.714 bits per heavy atom. The smallest absolute Gasteiger partial charge is 0.153 e. The van der Waals surface area contributed by atoms with Gasteiger partial charge in [0.1, 0.15) is 16.9 Å². The zero-order valence-corrected chi connectivity index (χ0v) is 19.5. The first kappa shape index (κ1) is 21.2. The minimum absolute atomic E-state index is 0.248. The third-order valence-corrected chi connectivity index (χ3v) is 6.68. The van der Waals surface area contributed by atoms with Crippen LogP contribution in [0.4, 0.5) is 4.39 Å². The Kier molecular flexibility index (Phi) is 4.96. The summed E-state index contributed by atoms with van der Waals surface area (Å²) in [4.78, 5) is 9.67. The SMILES string of the molecule is CC(C)(c1ccccc1)c1ccc2oc3ccc(-c4cc(-c5ccc(F)cc5)ccn4)cc3c2n1. The van der Waals surface area contributed by atoms with Gasteiger partial charge in [0, 0.05) is 22.6 Å². The van der Waals surface area contributed by atoms with E-state index < -0.39 is 0 Å². The number of fused-ring (bicyclic) bond motifs is 3. The summed E-state index contributed by atoms with van der Waals surface area (Å²) >= 11 is 0. The van der Waals surface area contributed by atoms with Crippen molar-refractivity contribution in [3.63, 3.8) is 0 Å². The molecule has 6 aromatic rings. The largest absolute Gasteiger partial charge is 0.454 e. The number of nitrogens with zero attached hydrogens (tertiary/aromatic N) is 2. The maximum absolute atomic E-state index is 13.4. The van der Waals surface area contributed by atoms with E-state index in [0.717, 1.165) is 50.1 Å². The highest BCUT2D eigenvalue weighted by Crippen LogP contribution is 2.35. The predicted molar refractivity (Wildman–Crippen MR) is 139 cm³/mol. The molecule has 3 nitrogen and oxygen atoms in total. The molecule has 3 aromatic heterocycles. The average Bonchev–Trinajstić information content (AvgIpc) is 3.27. The van der Waals surface area contributed by atoms with Crippen LogP contribution >= 0.6 is 0 Å². The molecule has 0 radical (unpaired) electrons. The van der Waals surface area contributed by atoms with Crippen LogP contribution in [0.25, 0.3) is 44.5 Å². The fourth-order valence-electron chi connectivity index (χ4n) is 4.56. The highest BCUT2D eigenvalue weighted by atomic mass is 19.1. The van der Waals surface area contributed by atoms with Crippen molar-refractivity contribution in [3.05, 3.63) is 120 Å². The van der Waals surface area contributed by atoms with Gasteiger partial charge in [-0.1, -0.05) is 56.3 Å². The average molecular weight is 459 g/mol. The molecule has 0 saturated carbocycles. The number of benzene rings is 3. The first-order chi connectivity index (χ1) is 17.0. The van der Waals surface area contributed by atoms with E-state index in [1.54, 1.807) is 18.3 Å². The monoisotopic (exact) mass is 458 g/mol. The molecular formula is C31H23FN2O. The van der Waals surface area contributed by atoms with Gasteiger partial charge < -0.3 is 4.42 Å². The van der Waals surface area contributed by atoms with E-state index in [0.29, 0.717) is 0 Å². The number of aromatic nitrogens is 2. The van der Waals surface area contributed by atoms with E-state index in [9.17, 15) is 4.39 Å². The van der Waals surface area contributed by atoms with E-state index in [-0.39, 0.29) is 11.2 Å². The Morgan fingerprint density at radius 3 is 2.26 bits per heavy atom. The molecule has 35 heavy (non-hydrogen) atoms. The Bertz CT molecular complexity index is 1670. The lowest BCUT2D eigenvalue weighted by molar-refractivity contribution is 0.617. The molecule has 0 atom stereocenters. The summed E-state index contributed by atoms with van der Waals surface area (Å²) in [7, 11) is 0. The lowest BCUT2D eigenvalue weighted by atomic mass is 9.81. The van der Waals surface area contributed by atoms with Crippen LogP contribution in [-0.2, 0) is 5.41 Å². The molecule has 6 rings (SSSR count). The Labute approximate surface area is 202 Å². The van der Waals surface area contributed by atoms with Gasteiger partial charge in [-0.05, 0) is 71.3 Å². The second kappa shape index (κ2) is 8.17.